The molecule has 0 saturated carbocycles. The molecule has 1 fully saturated rings. The fourth-order valence-corrected chi connectivity index (χ4v) is 4.07. The molecule has 0 bridgehead atoms. The smallest absolute Gasteiger partial charge is 0.255 e. The molecule has 1 aromatic carbocycles. The van der Waals surface area contributed by atoms with Crippen molar-refractivity contribution in [1.82, 2.24) is 25.3 Å². The number of rotatable bonds is 8. The first kappa shape index (κ1) is 21.2. The van der Waals surface area contributed by atoms with Crippen molar-refractivity contribution in [3.8, 4) is 16.3 Å². The number of benzene rings is 1. The zero-order chi connectivity index (χ0) is 21.5. The van der Waals surface area contributed by atoms with Crippen LogP contribution >= 0.6 is 11.3 Å². The summed E-state index contributed by atoms with van der Waals surface area (Å²) in [5.74, 6) is -0.538. The second-order valence-corrected chi connectivity index (χ2v) is 8.08. The minimum Gasteiger partial charge on any atom is -0.379 e. The lowest BCUT2D eigenvalue weighted by atomic mass is 10.2. The van der Waals surface area contributed by atoms with Crippen LogP contribution in [-0.2, 0) is 9.53 Å². The van der Waals surface area contributed by atoms with Gasteiger partial charge in [-0.15, -0.1) is 11.3 Å². The van der Waals surface area contributed by atoms with Crippen molar-refractivity contribution in [3.63, 3.8) is 0 Å². The molecule has 2 amide bonds. The van der Waals surface area contributed by atoms with E-state index in [9.17, 15) is 9.59 Å². The summed E-state index contributed by atoms with van der Waals surface area (Å²) < 4.78 is 7.00. The Bertz CT molecular complexity index is 998. The standard InChI is InChI=1S/C22H25N5O3S/c28-20(23-8-9-26-10-12-30-13-11-26)15-24-22(29)18-16-27(17-5-2-1-3-6-17)25-21(18)19-7-4-14-31-19/h1-7,14,16H,8-13,15H2,(H,23,28)(H,24,29). The van der Waals surface area contributed by atoms with Gasteiger partial charge in [-0.3, -0.25) is 14.5 Å². The summed E-state index contributed by atoms with van der Waals surface area (Å²) in [5.41, 5.74) is 1.90. The number of thiophene rings is 1. The van der Waals surface area contributed by atoms with Gasteiger partial charge in [0.05, 0.1) is 35.9 Å². The van der Waals surface area contributed by atoms with Crippen molar-refractivity contribution in [2.75, 3.05) is 45.9 Å². The van der Waals surface area contributed by atoms with E-state index in [-0.39, 0.29) is 18.4 Å². The molecule has 1 saturated heterocycles. The minimum absolute atomic E-state index is 0.0810. The van der Waals surface area contributed by atoms with Crippen molar-refractivity contribution in [2.45, 2.75) is 0 Å². The summed E-state index contributed by atoms with van der Waals surface area (Å²) >= 11 is 1.52. The highest BCUT2D eigenvalue weighted by Gasteiger charge is 2.20. The van der Waals surface area contributed by atoms with Crippen molar-refractivity contribution in [2.24, 2.45) is 0 Å². The highest BCUT2D eigenvalue weighted by atomic mass is 32.1. The van der Waals surface area contributed by atoms with Crippen molar-refractivity contribution >= 4 is 23.2 Å². The second kappa shape index (κ2) is 10.3. The summed E-state index contributed by atoms with van der Waals surface area (Å²) in [6, 6.07) is 13.5. The normalized spacial score (nSPS) is 14.3. The Kier molecular flexibility index (Phi) is 7.08. The summed E-state index contributed by atoms with van der Waals surface area (Å²) in [4.78, 5) is 28.2. The highest BCUT2D eigenvalue weighted by molar-refractivity contribution is 7.13. The molecule has 0 aliphatic carbocycles. The molecular weight excluding hydrogens is 414 g/mol. The van der Waals surface area contributed by atoms with Crippen LogP contribution in [0.4, 0.5) is 0 Å². The molecule has 4 rings (SSSR count). The Hall–Kier alpha value is -3.01. The van der Waals surface area contributed by atoms with Gasteiger partial charge in [0, 0.05) is 32.4 Å². The molecule has 0 unspecified atom stereocenters. The summed E-state index contributed by atoms with van der Waals surface area (Å²) in [6.07, 6.45) is 1.70. The molecule has 0 atom stereocenters. The molecule has 0 spiro atoms. The van der Waals surface area contributed by atoms with Crippen LogP contribution in [0.15, 0.2) is 54.0 Å². The van der Waals surface area contributed by atoms with Gasteiger partial charge < -0.3 is 15.4 Å². The van der Waals surface area contributed by atoms with Gasteiger partial charge >= 0.3 is 0 Å². The Morgan fingerprint density at radius 3 is 2.61 bits per heavy atom. The topological polar surface area (TPSA) is 88.5 Å². The van der Waals surface area contributed by atoms with Crippen LogP contribution in [-0.4, -0.2) is 72.4 Å². The molecule has 3 aromatic rings. The maximum Gasteiger partial charge on any atom is 0.255 e. The lowest BCUT2D eigenvalue weighted by Crippen LogP contribution is -2.43. The number of ether oxygens (including phenoxy) is 1. The van der Waals surface area contributed by atoms with Crippen LogP contribution < -0.4 is 10.6 Å². The zero-order valence-corrected chi connectivity index (χ0v) is 17.9. The maximum atomic E-state index is 12.9. The quantitative estimate of drug-likeness (QED) is 0.559. The molecule has 0 radical (unpaired) electrons. The second-order valence-electron chi connectivity index (χ2n) is 7.14. The average Bonchev–Trinajstić information content (AvgIpc) is 3.49. The number of carbonyl (C=O) groups is 2. The fourth-order valence-electron chi connectivity index (χ4n) is 3.34. The third-order valence-corrected chi connectivity index (χ3v) is 5.87. The van der Waals surface area contributed by atoms with Crippen LogP contribution in [0.5, 0.6) is 0 Å². The molecule has 8 nitrogen and oxygen atoms in total. The first-order valence-corrected chi connectivity index (χ1v) is 11.1. The molecule has 162 valence electrons. The van der Waals surface area contributed by atoms with Crippen LogP contribution in [0.1, 0.15) is 10.4 Å². The monoisotopic (exact) mass is 439 g/mol. The largest absolute Gasteiger partial charge is 0.379 e. The van der Waals surface area contributed by atoms with Gasteiger partial charge in [0.1, 0.15) is 5.69 Å². The Balaban J connectivity index is 1.37. The number of hydrogen-bond donors (Lipinski definition) is 2. The maximum absolute atomic E-state index is 12.9. The molecule has 3 heterocycles. The summed E-state index contributed by atoms with van der Waals surface area (Å²) in [6.45, 7) is 4.45. The van der Waals surface area contributed by atoms with E-state index >= 15 is 0 Å². The number of carbonyl (C=O) groups excluding carboxylic acids is 2. The van der Waals surface area contributed by atoms with Crippen molar-refractivity contribution in [3.05, 3.63) is 59.6 Å². The summed E-state index contributed by atoms with van der Waals surface area (Å²) in [5, 5.41) is 12.1. The number of aromatic nitrogens is 2. The van der Waals surface area contributed by atoms with Crippen LogP contribution in [0.3, 0.4) is 0 Å². The van der Waals surface area contributed by atoms with Crippen LogP contribution in [0.2, 0.25) is 0 Å². The number of hydrogen-bond acceptors (Lipinski definition) is 6. The Morgan fingerprint density at radius 1 is 1.06 bits per heavy atom. The highest BCUT2D eigenvalue weighted by Crippen LogP contribution is 2.27. The molecule has 31 heavy (non-hydrogen) atoms. The summed E-state index contributed by atoms with van der Waals surface area (Å²) in [7, 11) is 0. The Morgan fingerprint density at radius 2 is 1.87 bits per heavy atom. The van der Waals surface area contributed by atoms with Crippen molar-refractivity contribution < 1.29 is 14.3 Å². The van der Waals surface area contributed by atoms with Gasteiger partial charge in [-0.2, -0.15) is 5.10 Å². The van der Waals surface area contributed by atoms with Crippen molar-refractivity contribution in [1.29, 1.82) is 0 Å². The lowest BCUT2D eigenvalue weighted by molar-refractivity contribution is -0.120. The van der Waals surface area contributed by atoms with Crippen LogP contribution in [0.25, 0.3) is 16.3 Å². The Labute approximate surface area is 184 Å². The lowest BCUT2D eigenvalue weighted by Gasteiger charge is -2.26. The van der Waals surface area contributed by atoms with E-state index in [1.807, 2.05) is 47.8 Å². The van der Waals surface area contributed by atoms with E-state index < -0.39 is 0 Å². The van der Waals surface area contributed by atoms with E-state index in [1.54, 1.807) is 10.9 Å². The van der Waals surface area contributed by atoms with Gasteiger partial charge in [-0.1, -0.05) is 24.3 Å². The number of nitrogens with one attached hydrogen (secondary N) is 2. The van der Waals surface area contributed by atoms with E-state index in [4.69, 9.17) is 4.74 Å². The predicted molar refractivity (Wildman–Crippen MR) is 119 cm³/mol. The number of para-hydroxylation sites is 1. The molecule has 1 aliphatic rings. The van der Waals surface area contributed by atoms with E-state index in [0.29, 0.717) is 17.8 Å². The third kappa shape index (κ3) is 5.57. The predicted octanol–water partition coefficient (Wildman–Crippen LogP) is 1.78. The van der Waals surface area contributed by atoms with Gasteiger partial charge in [0.2, 0.25) is 5.91 Å². The van der Waals surface area contributed by atoms with Gasteiger partial charge in [0.25, 0.3) is 5.91 Å². The number of morpholine rings is 1. The zero-order valence-electron chi connectivity index (χ0n) is 17.1. The van der Waals surface area contributed by atoms with E-state index in [0.717, 1.165) is 43.4 Å². The number of amides is 2. The minimum atomic E-state index is -0.325. The molecule has 2 N–H and O–H groups in total. The van der Waals surface area contributed by atoms with Crippen LogP contribution in [0, 0.1) is 0 Å². The average molecular weight is 440 g/mol. The molecular formula is C22H25N5O3S. The molecule has 1 aliphatic heterocycles. The van der Waals surface area contributed by atoms with E-state index in [1.165, 1.54) is 11.3 Å². The molecule has 9 heteroatoms. The first-order valence-electron chi connectivity index (χ1n) is 10.2. The fraction of sp³-hybridized carbons (Fsp3) is 0.318. The van der Waals surface area contributed by atoms with Gasteiger partial charge in [-0.25, -0.2) is 4.68 Å². The van der Waals surface area contributed by atoms with Gasteiger partial charge in [-0.05, 0) is 23.6 Å². The third-order valence-electron chi connectivity index (χ3n) is 5.00. The first-order chi connectivity index (χ1) is 15.2. The van der Waals surface area contributed by atoms with E-state index in [2.05, 4.69) is 20.6 Å². The van der Waals surface area contributed by atoms with Gasteiger partial charge in [0.15, 0.2) is 0 Å². The molecule has 2 aromatic heterocycles. The number of nitrogens with zero attached hydrogens (tertiary/aromatic N) is 3. The SMILES string of the molecule is O=C(CNC(=O)c1cn(-c2ccccc2)nc1-c1cccs1)NCCN1CCOCC1.